The number of rotatable bonds is 7. The second-order valence-electron chi connectivity index (χ2n) is 4.59. The Kier molecular flexibility index (Phi) is 6.06. The van der Waals surface area contributed by atoms with Crippen LogP contribution in [-0.4, -0.2) is 28.4 Å². The van der Waals surface area contributed by atoms with Gasteiger partial charge in [-0.3, -0.25) is 9.59 Å². The second-order valence-corrected chi connectivity index (χ2v) is 4.59. The van der Waals surface area contributed by atoms with E-state index in [1.165, 1.54) is 4.90 Å². The molecule has 1 amide bonds. The normalized spacial score (nSPS) is 10.5. The summed E-state index contributed by atoms with van der Waals surface area (Å²) in [5.74, 6) is -1.14. The minimum Gasteiger partial charge on any atom is -0.480 e. The Morgan fingerprint density at radius 3 is 2.21 bits per heavy atom. The Balaban J connectivity index is 2.82. The van der Waals surface area contributed by atoms with Gasteiger partial charge in [0.05, 0.1) is 0 Å². The number of carboxylic acids is 1. The Hall–Kier alpha value is -1.84. The first-order valence-corrected chi connectivity index (χ1v) is 6.63. The highest BCUT2D eigenvalue weighted by Gasteiger charge is 2.23. The fourth-order valence-electron chi connectivity index (χ4n) is 2.07. The minimum atomic E-state index is -0.977. The average Bonchev–Trinajstić information content (AvgIpc) is 2.40. The predicted molar refractivity (Wildman–Crippen MR) is 73.6 cm³/mol. The average molecular weight is 263 g/mol. The smallest absolute Gasteiger partial charge is 0.323 e. The molecule has 0 saturated carbocycles. The minimum absolute atomic E-state index is 0.0729. The summed E-state index contributed by atoms with van der Waals surface area (Å²) in [4.78, 5) is 24.6. The van der Waals surface area contributed by atoms with E-state index in [2.05, 4.69) is 0 Å². The van der Waals surface area contributed by atoms with Crippen molar-refractivity contribution >= 4 is 11.9 Å². The highest BCUT2D eigenvalue weighted by atomic mass is 16.4. The summed E-state index contributed by atoms with van der Waals surface area (Å²) < 4.78 is 0. The Morgan fingerprint density at radius 2 is 1.74 bits per heavy atom. The number of carbonyl (C=O) groups is 2. The SMILES string of the molecule is CCC(CC)C(=O)N(CC(=O)O)Cc1ccccc1. The van der Waals surface area contributed by atoms with Crippen molar-refractivity contribution in [3.8, 4) is 0 Å². The molecule has 4 nitrogen and oxygen atoms in total. The number of amides is 1. The van der Waals surface area contributed by atoms with E-state index in [0.717, 1.165) is 18.4 Å². The monoisotopic (exact) mass is 263 g/mol. The fourth-order valence-corrected chi connectivity index (χ4v) is 2.07. The number of hydrogen-bond acceptors (Lipinski definition) is 2. The molecule has 0 bridgehead atoms. The van der Waals surface area contributed by atoms with Crippen molar-refractivity contribution in [1.29, 1.82) is 0 Å². The number of carbonyl (C=O) groups excluding carboxylic acids is 1. The summed E-state index contributed by atoms with van der Waals surface area (Å²) in [7, 11) is 0. The first-order valence-electron chi connectivity index (χ1n) is 6.63. The summed E-state index contributed by atoms with van der Waals surface area (Å²) in [5.41, 5.74) is 0.947. The van der Waals surface area contributed by atoms with Gasteiger partial charge in [0.15, 0.2) is 0 Å². The molecule has 0 heterocycles. The van der Waals surface area contributed by atoms with E-state index in [1.807, 2.05) is 44.2 Å². The van der Waals surface area contributed by atoms with Crippen molar-refractivity contribution in [2.45, 2.75) is 33.2 Å². The summed E-state index contributed by atoms with van der Waals surface area (Å²) in [6.07, 6.45) is 1.47. The molecule has 0 spiro atoms. The summed E-state index contributed by atoms with van der Waals surface area (Å²) in [5, 5.41) is 8.94. The lowest BCUT2D eigenvalue weighted by Crippen LogP contribution is -2.39. The van der Waals surface area contributed by atoms with Gasteiger partial charge in [-0.2, -0.15) is 0 Å². The molecular formula is C15H21NO3. The van der Waals surface area contributed by atoms with E-state index in [0.29, 0.717) is 6.54 Å². The van der Waals surface area contributed by atoms with Crippen molar-refractivity contribution in [1.82, 2.24) is 4.90 Å². The molecule has 0 radical (unpaired) electrons. The first-order chi connectivity index (χ1) is 9.08. The van der Waals surface area contributed by atoms with Crippen molar-refractivity contribution in [3.05, 3.63) is 35.9 Å². The molecule has 1 aromatic carbocycles. The molecule has 0 fully saturated rings. The van der Waals surface area contributed by atoms with Crippen LogP contribution in [0.4, 0.5) is 0 Å². The van der Waals surface area contributed by atoms with E-state index < -0.39 is 5.97 Å². The molecule has 0 aliphatic carbocycles. The van der Waals surface area contributed by atoms with Crippen molar-refractivity contribution < 1.29 is 14.7 Å². The molecule has 0 unspecified atom stereocenters. The number of hydrogen-bond donors (Lipinski definition) is 1. The maximum Gasteiger partial charge on any atom is 0.323 e. The van der Waals surface area contributed by atoms with Crippen LogP contribution in [0.15, 0.2) is 30.3 Å². The van der Waals surface area contributed by atoms with Crippen LogP contribution < -0.4 is 0 Å². The van der Waals surface area contributed by atoms with Crippen molar-refractivity contribution in [2.24, 2.45) is 5.92 Å². The van der Waals surface area contributed by atoms with E-state index >= 15 is 0 Å². The topological polar surface area (TPSA) is 57.6 Å². The van der Waals surface area contributed by atoms with Gasteiger partial charge < -0.3 is 10.0 Å². The van der Waals surface area contributed by atoms with E-state index in [9.17, 15) is 9.59 Å². The van der Waals surface area contributed by atoms with Crippen LogP contribution in [0.5, 0.6) is 0 Å². The molecule has 0 aromatic heterocycles. The van der Waals surface area contributed by atoms with Gasteiger partial charge in [0.2, 0.25) is 5.91 Å². The van der Waals surface area contributed by atoms with Gasteiger partial charge in [0.1, 0.15) is 6.54 Å². The Bertz CT molecular complexity index is 413. The van der Waals surface area contributed by atoms with Crippen LogP contribution in [0, 0.1) is 5.92 Å². The highest BCUT2D eigenvalue weighted by Crippen LogP contribution is 2.14. The van der Waals surface area contributed by atoms with Gasteiger partial charge in [-0.1, -0.05) is 44.2 Å². The quantitative estimate of drug-likeness (QED) is 0.822. The molecular weight excluding hydrogens is 242 g/mol. The van der Waals surface area contributed by atoms with Crippen LogP contribution in [0.3, 0.4) is 0 Å². The van der Waals surface area contributed by atoms with Gasteiger partial charge in [-0.05, 0) is 18.4 Å². The number of aliphatic carboxylic acids is 1. The molecule has 0 aliphatic heterocycles. The molecule has 104 valence electrons. The first kappa shape index (κ1) is 15.2. The van der Waals surface area contributed by atoms with Crippen LogP contribution in [0.1, 0.15) is 32.3 Å². The van der Waals surface area contributed by atoms with Crippen molar-refractivity contribution in [2.75, 3.05) is 6.54 Å². The lowest BCUT2D eigenvalue weighted by Gasteiger charge is -2.25. The second kappa shape index (κ2) is 7.56. The van der Waals surface area contributed by atoms with Crippen LogP contribution in [0.25, 0.3) is 0 Å². The molecule has 0 aliphatic rings. The predicted octanol–water partition coefficient (Wildman–Crippen LogP) is 2.54. The summed E-state index contributed by atoms with van der Waals surface area (Å²) >= 11 is 0. The number of carboxylic acid groups (broad SMARTS) is 1. The molecule has 19 heavy (non-hydrogen) atoms. The molecule has 1 rings (SSSR count). The van der Waals surface area contributed by atoms with Crippen LogP contribution in [0.2, 0.25) is 0 Å². The third-order valence-electron chi connectivity index (χ3n) is 3.19. The largest absolute Gasteiger partial charge is 0.480 e. The van der Waals surface area contributed by atoms with Gasteiger partial charge in [-0.15, -0.1) is 0 Å². The molecule has 0 saturated heterocycles. The fraction of sp³-hybridized carbons (Fsp3) is 0.467. The van der Waals surface area contributed by atoms with Crippen LogP contribution >= 0.6 is 0 Å². The molecule has 0 atom stereocenters. The van der Waals surface area contributed by atoms with Crippen molar-refractivity contribution in [3.63, 3.8) is 0 Å². The summed E-state index contributed by atoms with van der Waals surface area (Å²) in [6, 6.07) is 9.46. The number of nitrogens with zero attached hydrogens (tertiary/aromatic N) is 1. The lowest BCUT2D eigenvalue weighted by molar-refractivity contribution is -0.147. The molecule has 4 heteroatoms. The van der Waals surface area contributed by atoms with Gasteiger partial charge in [-0.25, -0.2) is 0 Å². The molecule has 1 N–H and O–H groups in total. The maximum absolute atomic E-state index is 12.3. The molecule has 1 aromatic rings. The third kappa shape index (κ3) is 4.73. The van der Waals surface area contributed by atoms with Gasteiger partial charge >= 0.3 is 5.97 Å². The van der Waals surface area contributed by atoms with Gasteiger partial charge in [0, 0.05) is 12.5 Å². The third-order valence-corrected chi connectivity index (χ3v) is 3.19. The standard InChI is InChI=1S/C15H21NO3/c1-3-13(4-2)15(19)16(11-14(17)18)10-12-8-6-5-7-9-12/h5-9,13H,3-4,10-11H2,1-2H3,(H,17,18). The van der Waals surface area contributed by atoms with E-state index in [1.54, 1.807) is 0 Å². The van der Waals surface area contributed by atoms with Gasteiger partial charge in [0.25, 0.3) is 0 Å². The Morgan fingerprint density at radius 1 is 1.16 bits per heavy atom. The zero-order valence-electron chi connectivity index (χ0n) is 11.5. The maximum atomic E-state index is 12.3. The zero-order chi connectivity index (χ0) is 14.3. The van der Waals surface area contributed by atoms with Crippen LogP contribution in [-0.2, 0) is 16.1 Å². The Labute approximate surface area is 114 Å². The zero-order valence-corrected chi connectivity index (χ0v) is 11.5. The van der Waals surface area contributed by atoms with E-state index in [4.69, 9.17) is 5.11 Å². The number of benzene rings is 1. The summed E-state index contributed by atoms with van der Waals surface area (Å²) in [6.45, 7) is 4.01. The van der Waals surface area contributed by atoms with E-state index in [-0.39, 0.29) is 18.4 Å². The lowest BCUT2D eigenvalue weighted by atomic mass is 10.0. The highest BCUT2D eigenvalue weighted by molar-refractivity contribution is 5.83.